The Labute approximate surface area is 83.9 Å². The lowest BCUT2D eigenvalue weighted by atomic mass is 10.4. The minimum atomic E-state index is -1.10. The third-order valence-electron chi connectivity index (χ3n) is 1.36. The van der Waals surface area contributed by atoms with Crippen LogP contribution < -0.4 is 11.6 Å². The van der Waals surface area contributed by atoms with Crippen molar-refractivity contribution in [3.8, 4) is 0 Å². The van der Waals surface area contributed by atoms with Crippen LogP contribution in [0.1, 0.15) is 16.3 Å². The van der Waals surface area contributed by atoms with Crippen molar-refractivity contribution >= 4 is 22.9 Å². The molecular formula is C7H9N3O3S. The Morgan fingerprint density at radius 3 is 2.86 bits per heavy atom. The quantitative estimate of drug-likeness (QED) is 0.291. The molecule has 0 aliphatic rings. The first-order chi connectivity index (χ1) is 6.63. The third-order valence-corrected chi connectivity index (χ3v) is 2.19. The van der Waals surface area contributed by atoms with Crippen LogP contribution in [-0.2, 0) is 5.75 Å². The van der Waals surface area contributed by atoms with E-state index in [1.807, 2.05) is 0 Å². The van der Waals surface area contributed by atoms with Crippen molar-refractivity contribution < 1.29 is 14.3 Å². The molecule has 0 saturated carbocycles. The summed E-state index contributed by atoms with van der Waals surface area (Å²) < 4.78 is 4.97. The van der Waals surface area contributed by atoms with Crippen LogP contribution in [0.2, 0.25) is 0 Å². The fourth-order valence-corrected chi connectivity index (χ4v) is 1.27. The van der Waals surface area contributed by atoms with E-state index in [2.05, 4.69) is 5.10 Å². The van der Waals surface area contributed by atoms with E-state index in [0.717, 1.165) is 0 Å². The van der Waals surface area contributed by atoms with Crippen LogP contribution >= 0.6 is 11.8 Å². The number of carboxylic acid groups (broad SMARTS) is 1. The number of hydrazone groups is 1. The molecule has 6 nitrogen and oxygen atoms in total. The Morgan fingerprint density at radius 1 is 1.64 bits per heavy atom. The molecule has 7 heteroatoms. The smallest absolute Gasteiger partial charge is 0.371 e. The Kier molecular flexibility index (Phi) is 3.41. The van der Waals surface area contributed by atoms with Gasteiger partial charge >= 0.3 is 5.97 Å². The van der Waals surface area contributed by atoms with Crippen LogP contribution in [0.3, 0.4) is 0 Å². The Hall–Kier alpha value is -1.63. The summed E-state index contributed by atoms with van der Waals surface area (Å²) in [5.74, 6) is 4.63. The molecule has 5 N–H and O–H groups in total. The molecule has 0 radical (unpaired) electrons. The highest BCUT2D eigenvalue weighted by Crippen LogP contribution is 2.15. The van der Waals surface area contributed by atoms with Crippen molar-refractivity contribution in [1.29, 1.82) is 0 Å². The van der Waals surface area contributed by atoms with E-state index in [4.69, 9.17) is 21.1 Å². The van der Waals surface area contributed by atoms with Gasteiger partial charge in [-0.05, 0) is 12.1 Å². The predicted octanol–water partition coefficient (Wildman–Crippen LogP) is 0.399. The largest absolute Gasteiger partial charge is 0.475 e. The molecule has 1 aromatic rings. The number of nitrogens with zero attached hydrogens (tertiary/aromatic N) is 1. The number of nitrogens with two attached hydrogens (primary N) is 2. The normalized spacial score (nSPS) is 11.6. The van der Waals surface area contributed by atoms with Crippen LogP contribution in [0.25, 0.3) is 0 Å². The summed E-state index contributed by atoms with van der Waals surface area (Å²) in [5, 5.41) is 12.0. The second-order valence-corrected chi connectivity index (χ2v) is 3.32. The first-order valence-electron chi connectivity index (χ1n) is 3.61. The van der Waals surface area contributed by atoms with Crippen molar-refractivity contribution in [3.63, 3.8) is 0 Å². The average Bonchev–Trinajstić information content (AvgIpc) is 2.62. The molecule has 1 aromatic heterocycles. The standard InChI is InChI=1S/C7H9N3O3S/c8-7(10-9)14-3-4-1-2-5(13-4)6(11)12/h1-2H,3,9H2,(H2,8,10)(H,11,12). The van der Waals surface area contributed by atoms with E-state index in [-0.39, 0.29) is 10.9 Å². The number of hydrogen-bond donors (Lipinski definition) is 3. The molecule has 0 unspecified atom stereocenters. The van der Waals surface area contributed by atoms with Crippen LogP contribution in [0.5, 0.6) is 0 Å². The molecule has 0 bridgehead atoms. The number of carboxylic acids is 1. The van der Waals surface area contributed by atoms with E-state index < -0.39 is 5.97 Å². The monoisotopic (exact) mass is 215 g/mol. The fraction of sp³-hybridized carbons (Fsp3) is 0.143. The summed E-state index contributed by atoms with van der Waals surface area (Å²) in [6, 6.07) is 2.95. The maximum atomic E-state index is 10.4. The molecule has 0 fully saturated rings. The number of amidine groups is 1. The van der Waals surface area contributed by atoms with Gasteiger partial charge < -0.3 is 21.1 Å². The zero-order valence-electron chi connectivity index (χ0n) is 7.14. The van der Waals surface area contributed by atoms with Crippen molar-refractivity contribution in [1.82, 2.24) is 0 Å². The van der Waals surface area contributed by atoms with Gasteiger partial charge in [0.15, 0.2) is 5.17 Å². The Bertz CT molecular complexity index is 361. The summed E-state index contributed by atoms with van der Waals surface area (Å²) in [4.78, 5) is 10.4. The SMILES string of the molecule is NN=C(N)SCc1ccc(C(=O)O)o1. The zero-order chi connectivity index (χ0) is 10.6. The number of hydrogen-bond acceptors (Lipinski definition) is 5. The van der Waals surface area contributed by atoms with Gasteiger partial charge in [-0.15, -0.1) is 0 Å². The van der Waals surface area contributed by atoms with Crippen molar-refractivity contribution in [2.24, 2.45) is 16.7 Å². The number of thioether (sulfide) groups is 1. The number of rotatable bonds is 3. The van der Waals surface area contributed by atoms with Crippen LogP contribution in [0, 0.1) is 0 Å². The molecule has 0 aliphatic carbocycles. The third kappa shape index (κ3) is 2.70. The van der Waals surface area contributed by atoms with Gasteiger partial charge in [0.1, 0.15) is 5.76 Å². The van der Waals surface area contributed by atoms with Gasteiger partial charge in [-0.2, -0.15) is 5.10 Å². The molecular weight excluding hydrogens is 206 g/mol. The molecule has 0 aliphatic heterocycles. The summed E-state index contributed by atoms with van der Waals surface area (Å²) in [7, 11) is 0. The molecule has 0 saturated heterocycles. The second-order valence-electron chi connectivity index (χ2n) is 2.33. The Balaban J connectivity index is 2.56. The molecule has 0 amide bonds. The Morgan fingerprint density at radius 2 is 2.36 bits per heavy atom. The first-order valence-corrected chi connectivity index (χ1v) is 4.60. The zero-order valence-corrected chi connectivity index (χ0v) is 7.95. The molecule has 1 heterocycles. The lowest BCUT2D eigenvalue weighted by Gasteiger charge is -1.95. The molecule has 76 valence electrons. The summed E-state index contributed by atoms with van der Waals surface area (Å²) in [5.41, 5.74) is 5.32. The highest BCUT2D eigenvalue weighted by Gasteiger charge is 2.08. The second kappa shape index (κ2) is 4.56. The van der Waals surface area contributed by atoms with Gasteiger partial charge in [0, 0.05) is 0 Å². The molecule has 14 heavy (non-hydrogen) atoms. The molecule has 0 aromatic carbocycles. The fourth-order valence-electron chi connectivity index (χ4n) is 0.753. The van der Waals surface area contributed by atoms with Crippen molar-refractivity contribution in [2.75, 3.05) is 0 Å². The average molecular weight is 215 g/mol. The van der Waals surface area contributed by atoms with Crippen molar-refractivity contribution in [2.45, 2.75) is 5.75 Å². The van der Waals surface area contributed by atoms with E-state index in [0.29, 0.717) is 11.5 Å². The lowest BCUT2D eigenvalue weighted by Crippen LogP contribution is -2.09. The van der Waals surface area contributed by atoms with Gasteiger partial charge in [-0.1, -0.05) is 11.8 Å². The van der Waals surface area contributed by atoms with Crippen molar-refractivity contribution in [3.05, 3.63) is 23.7 Å². The minimum Gasteiger partial charge on any atom is -0.475 e. The van der Waals surface area contributed by atoms with Crippen LogP contribution in [0.15, 0.2) is 21.7 Å². The lowest BCUT2D eigenvalue weighted by molar-refractivity contribution is 0.0661. The van der Waals surface area contributed by atoms with Gasteiger partial charge in [0.25, 0.3) is 0 Å². The van der Waals surface area contributed by atoms with Crippen LogP contribution in [-0.4, -0.2) is 16.2 Å². The van der Waals surface area contributed by atoms with E-state index in [9.17, 15) is 4.79 Å². The van der Waals surface area contributed by atoms with Gasteiger partial charge in [0.2, 0.25) is 5.76 Å². The molecule has 0 spiro atoms. The predicted molar refractivity (Wildman–Crippen MR) is 52.8 cm³/mol. The highest BCUT2D eigenvalue weighted by molar-refractivity contribution is 8.13. The first kappa shape index (κ1) is 10.5. The maximum Gasteiger partial charge on any atom is 0.371 e. The van der Waals surface area contributed by atoms with E-state index in [1.54, 1.807) is 6.07 Å². The summed E-state index contributed by atoms with van der Waals surface area (Å²) in [6.07, 6.45) is 0. The maximum absolute atomic E-state index is 10.4. The highest BCUT2D eigenvalue weighted by atomic mass is 32.2. The molecule has 1 rings (SSSR count). The minimum absolute atomic E-state index is 0.0936. The topological polar surface area (TPSA) is 115 Å². The van der Waals surface area contributed by atoms with Gasteiger partial charge in [-0.3, -0.25) is 0 Å². The van der Waals surface area contributed by atoms with Gasteiger partial charge in [0.05, 0.1) is 5.75 Å². The number of carbonyl (C=O) groups is 1. The van der Waals surface area contributed by atoms with E-state index >= 15 is 0 Å². The molecule has 0 atom stereocenters. The number of furan rings is 1. The summed E-state index contributed by atoms with van der Waals surface area (Å²) in [6.45, 7) is 0. The van der Waals surface area contributed by atoms with Crippen LogP contribution in [0.4, 0.5) is 0 Å². The van der Waals surface area contributed by atoms with Gasteiger partial charge in [-0.25, -0.2) is 4.79 Å². The van der Waals surface area contributed by atoms with E-state index in [1.165, 1.54) is 17.8 Å². The number of aromatic carboxylic acids is 1. The summed E-state index contributed by atoms with van der Waals surface area (Å²) >= 11 is 1.17.